The lowest BCUT2D eigenvalue weighted by atomic mass is 10.0. The van der Waals surface area contributed by atoms with Crippen molar-refractivity contribution in [2.45, 2.75) is 25.8 Å². The lowest BCUT2D eigenvalue weighted by Crippen LogP contribution is -2.20. The van der Waals surface area contributed by atoms with Gasteiger partial charge in [0.05, 0.1) is 11.3 Å². The summed E-state index contributed by atoms with van der Waals surface area (Å²) in [6.45, 7) is 1.41. The van der Waals surface area contributed by atoms with Crippen LogP contribution in [0.3, 0.4) is 0 Å². The minimum Gasteiger partial charge on any atom is -0.368 e. The molecular weight excluding hydrogens is 512 g/mol. The lowest BCUT2D eigenvalue weighted by Gasteiger charge is -2.11. The molecule has 5 aromatic rings. The molecule has 0 fully saturated rings. The Morgan fingerprint density at radius 1 is 0.974 bits per heavy atom. The normalized spacial score (nSPS) is 11.1. The summed E-state index contributed by atoms with van der Waals surface area (Å²) in [6, 6.07) is 19.8. The van der Waals surface area contributed by atoms with E-state index in [-0.39, 0.29) is 18.2 Å². The van der Waals surface area contributed by atoms with Crippen LogP contribution in [-0.2, 0) is 17.8 Å². The van der Waals surface area contributed by atoms with Crippen LogP contribution in [0.25, 0.3) is 32.6 Å². The van der Waals surface area contributed by atoms with Gasteiger partial charge in [-0.15, -0.1) is 11.3 Å². The van der Waals surface area contributed by atoms with E-state index in [0.29, 0.717) is 33.0 Å². The minimum absolute atomic E-state index is 0.108. The summed E-state index contributed by atoms with van der Waals surface area (Å²) >= 11 is 1.25. The Labute approximate surface area is 229 Å². The van der Waals surface area contributed by atoms with Gasteiger partial charge in [-0.2, -0.15) is 0 Å². The number of benzene rings is 2. The van der Waals surface area contributed by atoms with E-state index >= 15 is 0 Å². The third kappa shape index (κ3) is 5.58. The zero-order chi connectivity index (χ0) is 27.4. The number of aryl methyl sites for hydroxylation is 1. The van der Waals surface area contributed by atoms with Crippen molar-refractivity contribution in [3.05, 3.63) is 89.1 Å². The first kappa shape index (κ1) is 26.2. The molecule has 1 amide bonds. The number of hydrogen-bond acceptors (Lipinski definition) is 8. The third-order valence-electron chi connectivity index (χ3n) is 6.51. The predicted molar refractivity (Wildman–Crippen MR) is 152 cm³/mol. The van der Waals surface area contributed by atoms with Crippen molar-refractivity contribution in [2.24, 2.45) is 5.73 Å². The molecule has 0 atom stereocenters. The molecule has 3 heterocycles. The van der Waals surface area contributed by atoms with Gasteiger partial charge >= 0.3 is 0 Å². The molecule has 10 heteroatoms. The van der Waals surface area contributed by atoms with E-state index in [1.807, 2.05) is 36.4 Å². The molecule has 5 rings (SSSR count). The predicted octanol–water partition coefficient (Wildman–Crippen LogP) is 4.43. The maximum atomic E-state index is 13.7. The summed E-state index contributed by atoms with van der Waals surface area (Å²) < 4.78 is 2.25. The van der Waals surface area contributed by atoms with Crippen LogP contribution in [0.2, 0.25) is 0 Å². The number of nitrogens with two attached hydrogens (primary N) is 2. The number of hydrogen-bond donors (Lipinski definition) is 4. The van der Waals surface area contributed by atoms with Gasteiger partial charge in [0.1, 0.15) is 0 Å². The second-order valence-corrected chi connectivity index (χ2v) is 10.2. The van der Waals surface area contributed by atoms with E-state index in [9.17, 15) is 9.59 Å². The van der Waals surface area contributed by atoms with E-state index in [4.69, 9.17) is 16.7 Å². The van der Waals surface area contributed by atoms with Crippen molar-refractivity contribution in [1.82, 2.24) is 20.0 Å². The van der Waals surface area contributed by atoms with Crippen LogP contribution in [0.15, 0.2) is 73.1 Å². The van der Waals surface area contributed by atoms with Crippen LogP contribution in [0.5, 0.6) is 0 Å². The zero-order valence-corrected chi connectivity index (χ0v) is 21.9. The summed E-state index contributed by atoms with van der Waals surface area (Å²) in [4.78, 5) is 34.9. The number of nitrogens with zero attached hydrogens (tertiary/aromatic N) is 3. The van der Waals surface area contributed by atoms with Crippen molar-refractivity contribution < 1.29 is 14.8 Å². The number of hydroxylamine groups is 1. The monoisotopic (exact) mass is 540 g/mol. The molecule has 0 radical (unpaired) electrons. The van der Waals surface area contributed by atoms with E-state index in [0.717, 1.165) is 41.5 Å². The third-order valence-corrected chi connectivity index (χ3v) is 7.74. The van der Waals surface area contributed by atoms with Gasteiger partial charge in [-0.05, 0) is 48.7 Å². The average molecular weight is 541 g/mol. The van der Waals surface area contributed by atoms with Crippen LogP contribution >= 0.6 is 11.3 Å². The Bertz CT molecular complexity index is 1630. The topological polar surface area (TPSA) is 149 Å². The molecule has 0 aliphatic carbocycles. The molecule has 0 aliphatic heterocycles. The van der Waals surface area contributed by atoms with Gasteiger partial charge < -0.3 is 16.0 Å². The molecule has 0 bridgehead atoms. The number of unbranched alkanes of at least 4 members (excludes halogenated alkanes) is 1. The van der Waals surface area contributed by atoms with Crippen molar-refractivity contribution in [3.63, 3.8) is 0 Å². The number of nitrogen functional groups attached to an aromatic ring is 1. The van der Waals surface area contributed by atoms with E-state index in [1.54, 1.807) is 23.9 Å². The van der Waals surface area contributed by atoms with E-state index in [2.05, 4.69) is 32.7 Å². The molecule has 198 valence electrons. The average Bonchev–Trinajstić information content (AvgIpc) is 3.55. The van der Waals surface area contributed by atoms with Gasteiger partial charge in [-0.3, -0.25) is 14.8 Å². The number of nitrogens with one attached hydrogen (secondary N) is 1. The first-order valence-corrected chi connectivity index (χ1v) is 13.4. The maximum Gasteiger partial charge on any atom is 0.247 e. The van der Waals surface area contributed by atoms with Crippen molar-refractivity contribution in [1.29, 1.82) is 0 Å². The van der Waals surface area contributed by atoms with E-state index in [1.165, 1.54) is 11.3 Å². The molecule has 39 heavy (non-hydrogen) atoms. The number of ketones is 1. The van der Waals surface area contributed by atoms with Gasteiger partial charge in [-0.25, -0.2) is 15.4 Å². The standard InChI is InChI=1S/C29H28N6O3S/c30-10-4-5-11-35-23(18-6-2-1-3-7-18)12-19-8-9-20(13-24(19)35)27(37)25-14-21(15-26(36)34-38)28(39-25)22-16-32-29(31)33-17-22/h1-3,6-9,12-14,16-17,38H,4-5,10-11,15,30H2,(H,34,36)(H2,31,32,33). The highest BCUT2D eigenvalue weighted by Crippen LogP contribution is 2.35. The van der Waals surface area contributed by atoms with Gasteiger partial charge in [-0.1, -0.05) is 42.5 Å². The molecule has 0 spiro atoms. The minimum atomic E-state index is -0.588. The molecular formula is C29H28N6O3S. The number of anilines is 1. The molecule has 2 aromatic carbocycles. The summed E-state index contributed by atoms with van der Waals surface area (Å²) in [5, 5.41) is 10.1. The fraction of sp³-hybridized carbons (Fsp3) is 0.172. The van der Waals surface area contributed by atoms with Crippen LogP contribution < -0.4 is 16.9 Å². The van der Waals surface area contributed by atoms with Gasteiger partial charge in [0.2, 0.25) is 17.6 Å². The molecule has 0 saturated carbocycles. The fourth-order valence-corrected chi connectivity index (χ4v) is 5.74. The molecule has 6 N–H and O–H groups in total. The highest BCUT2D eigenvalue weighted by molar-refractivity contribution is 7.17. The van der Waals surface area contributed by atoms with Crippen LogP contribution in [0.4, 0.5) is 5.95 Å². The number of carbonyl (C=O) groups excluding carboxylic acids is 2. The quantitative estimate of drug-likeness (QED) is 0.0886. The molecule has 9 nitrogen and oxygen atoms in total. The Morgan fingerprint density at radius 3 is 2.46 bits per heavy atom. The molecule has 3 aromatic heterocycles. The Hall–Kier alpha value is -4.38. The molecule has 0 aliphatic rings. The van der Waals surface area contributed by atoms with E-state index < -0.39 is 5.91 Å². The first-order chi connectivity index (χ1) is 19.0. The number of thiophene rings is 1. The Kier molecular flexibility index (Phi) is 7.78. The molecule has 0 unspecified atom stereocenters. The number of rotatable bonds is 10. The lowest BCUT2D eigenvalue weighted by molar-refractivity contribution is -0.128. The fourth-order valence-electron chi connectivity index (χ4n) is 4.63. The second-order valence-electron chi connectivity index (χ2n) is 9.15. The zero-order valence-electron chi connectivity index (χ0n) is 21.1. The smallest absolute Gasteiger partial charge is 0.247 e. The summed E-state index contributed by atoms with van der Waals surface area (Å²) in [7, 11) is 0. The Balaban J connectivity index is 1.56. The van der Waals surface area contributed by atoms with Crippen LogP contribution in [0.1, 0.15) is 33.6 Å². The van der Waals surface area contributed by atoms with Gasteiger partial charge in [0.15, 0.2) is 0 Å². The highest BCUT2D eigenvalue weighted by atomic mass is 32.1. The first-order valence-electron chi connectivity index (χ1n) is 12.6. The maximum absolute atomic E-state index is 13.7. The number of amides is 1. The summed E-state index contributed by atoms with van der Waals surface area (Å²) in [5.74, 6) is -0.625. The number of aromatic nitrogens is 3. The second kappa shape index (κ2) is 11.6. The number of carbonyl (C=O) groups is 2. The Morgan fingerprint density at radius 2 is 1.74 bits per heavy atom. The molecule has 0 saturated heterocycles. The van der Waals surface area contributed by atoms with Gasteiger partial charge in [0, 0.05) is 51.5 Å². The van der Waals surface area contributed by atoms with Crippen LogP contribution in [0, 0.1) is 0 Å². The highest BCUT2D eigenvalue weighted by Gasteiger charge is 2.21. The van der Waals surface area contributed by atoms with Crippen LogP contribution in [-0.4, -0.2) is 38.0 Å². The van der Waals surface area contributed by atoms with Crippen molar-refractivity contribution in [3.8, 4) is 21.7 Å². The summed E-state index contributed by atoms with van der Waals surface area (Å²) in [5.41, 5.74) is 18.0. The van der Waals surface area contributed by atoms with Gasteiger partial charge in [0.25, 0.3) is 0 Å². The van der Waals surface area contributed by atoms with Crippen molar-refractivity contribution in [2.75, 3.05) is 12.3 Å². The SMILES string of the molecule is NCCCCn1c(-c2ccccc2)cc2ccc(C(=O)c3cc(CC(=O)NO)c(-c4cnc(N)nc4)s3)cc21. The van der Waals surface area contributed by atoms with Crippen molar-refractivity contribution >= 4 is 39.9 Å². The summed E-state index contributed by atoms with van der Waals surface area (Å²) in [6.07, 6.45) is 4.82. The largest absolute Gasteiger partial charge is 0.368 e. The number of fused-ring (bicyclic) bond motifs is 1.